The number of hydrogen-bond acceptors (Lipinski definition) is 3. The van der Waals surface area contributed by atoms with Gasteiger partial charge in [-0.2, -0.15) is 0 Å². The lowest BCUT2D eigenvalue weighted by Crippen LogP contribution is -2.13. The van der Waals surface area contributed by atoms with Crippen molar-refractivity contribution >= 4 is 5.69 Å². The SMILES string of the molecule is COc1ccc(OCCNc2c(C)cc(C)cc2C)cc1. The molecule has 1 N–H and O–H groups in total. The van der Waals surface area contributed by atoms with Crippen LogP contribution >= 0.6 is 0 Å². The highest BCUT2D eigenvalue weighted by Crippen LogP contribution is 2.21. The zero-order chi connectivity index (χ0) is 15.2. The minimum absolute atomic E-state index is 0.624. The molecule has 0 aliphatic rings. The summed E-state index contributed by atoms with van der Waals surface area (Å²) in [6.45, 7) is 7.78. The second kappa shape index (κ2) is 7.02. The lowest BCUT2D eigenvalue weighted by atomic mass is 10.1. The van der Waals surface area contributed by atoms with Gasteiger partial charge < -0.3 is 14.8 Å². The summed E-state index contributed by atoms with van der Waals surface area (Å²) in [5.41, 5.74) is 5.05. The normalized spacial score (nSPS) is 10.3. The monoisotopic (exact) mass is 285 g/mol. The van der Waals surface area contributed by atoms with E-state index in [1.54, 1.807) is 7.11 Å². The van der Waals surface area contributed by atoms with E-state index < -0.39 is 0 Å². The Labute approximate surface area is 126 Å². The molecule has 0 aliphatic carbocycles. The Hall–Kier alpha value is -2.16. The summed E-state index contributed by atoms with van der Waals surface area (Å²) in [7, 11) is 1.66. The van der Waals surface area contributed by atoms with Crippen molar-refractivity contribution in [2.24, 2.45) is 0 Å². The first-order valence-corrected chi connectivity index (χ1v) is 7.18. The van der Waals surface area contributed by atoms with Gasteiger partial charge in [-0.1, -0.05) is 17.7 Å². The second-order valence-corrected chi connectivity index (χ2v) is 5.22. The fraction of sp³-hybridized carbons (Fsp3) is 0.333. The van der Waals surface area contributed by atoms with Gasteiger partial charge in [0.1, 0.15) is 18.1 Å². The average Bonchev–Trinajstić information content (AvgIpc) is 2.46. The van der Waals surface area contributed by atoms with Gasteiger partial charge in [-0.3, -0.25) is 0 Å². The van der Waals surface area contributed by atoms with Gasteiger partial charge in [-0.05, 0) is 56.2 Å². The largest absolute Gasteiger partial charge is 0.497 e. The molecule has 2 aromatic carbocycles. The third-order valence-electron chi connectivity index (χ3n) is 3.41. The fourth-order valence-electron chi connectivity index (χ4n) is 2.48. The third-order valence-corrected chi connectivity index (χ3v) is 3.41. The van der Waals surface area contributed by atoms with Crippen molar-refractivity contribution in [1.82, 2.24) is 0 Å². The highest BCUT2D eigenvalue weighted by Gasteiger charge is 2.03. The molecule has 0 heterocycles. The molecule has 21 heavy (non-hydrogen) atoms. The summed E-state index contributed by atoms with van der Waals surface area (Å²) >= 11 is 0. The quantitative estimate of drug-likeness (QED) is 0.810. The van der Waals surface area contributed by atoms with E-state index in [0.717, 1.165) is 18.0 Å². The average molecular weight is 285 g/mol. The number of benzene rings is 2. The molecule has 0 spiro atoms. The van der Waals surface area contributed by atoms with Gasteiger partial charge in [0.25, 0.3) is 0 Å². The van der Waals surface area contributed by atoms with E-state index in [1.165, 1.54) is 22.4 Å². The maximum Gasteiger partial charge on any atom is 0.119 e. The molecule has 3 nitrogen and oxygen atoms in total. The lowest BCUT2D eigenvalue weighted by Gasteiger charge is -2.14. The zero-order valence-corrected chi connectivity index (χ0v) is 13.2. The number of anilines is 1. The molecule has 3 heteroatoms. The van der Waals surface area contributed by atoms with Crippen molar-refractivity contribution in [3.05, 3.63) is 53.1 Å². The molecule has 0 fully saturated rings. The van der Waals surface area contributed by atoms with Crippen molar-refractivity contribution in [3.63, 3.8) is 0 Å². The van der Waals surface area contributed by atoms with E-state index in [-0.39, 0.29) is 0 Å². The second-order valence-electron chi connectivity index (χ2n) is 5.22. The first-order valence-electron chi connectivity index (χ1n) is 7.18. The summed E-state index contributed by atoms with van der Waals surface area (Å²) in [6, 6.07) is 12.0. The summed E-state index contributed by atoms with van der Waals surface area (Å²) in [4.78, 5) is 0. The van der Waals surface area contributed by atoms with Gasteiger partial charge in [0, 0.05) is 12.2 Å². The minimum Gasteiger partial charge on any atom is -0.497 e. The van der Waals surface area contributed by atoms with Crippen LogP contribution in [0.15, 0.2) is 36.4 Å². The fourth-order valence-corrected chi connectivity index (χ4v) is 2.48. The molecule has 2 aromatic rings. The molecular formula is C18H23NO2. The van der Waals surface area contributed by atoms with E-state index in [1.807, 2.05) is 24.3 Å². The number of ether oxygens (including phenoxy) is 2. The summed E-state index contributed by atoms with van der Waals surface area (Å²) in [6.07, 6.45) is 0. The van der Waals surface area contributed by atoms with Crippen LogP contribution < -0.4 is 14.8 Å². The van der Waals surface area contributed by atoms with Crippen LogP contribution in [0, 0.1) is 20.8 Å². The maximum absolute atomic E-state index is 5.71. The maximum atomic E-state index is 5.71. The van der Waals surface area contributed by atoms with E-state index >= 15 is 0 Å². The van der Waals surface area contributed by atoms with Crippen molar-refractivity contribution in [1.29, 1.82) is 0 Å². The molecule has 0 amide bonds. The summed E-state index contributed by atoms with van der Waals surface area (Å²) in [5.74, 6) is 1.70. The van der Waals surface area contributed by atoms with E-state index in [2.05, 4.69) is 38.2 Å². The van der Waals surface area contributed by atoms with Crippen LogP contribution in [-0.4, -0.2) is 20.3 Å². The molecule has 0 radical (unpaired) electrons. The van der Waals surface area contributed by atoms with Crippen molar-refractivity contribution in [2.45, 2.75) is 20.8 Å². The van der Waals surface area contributed by atoms with Crippen LogP contribution in [0.5, 0.6) is 11.5 Å². The molecule has 112 valence electrons. The Morgan fingerprint density at radius 1 is 0.905 bits per heavy atom. The predicted molar refractivity (Wildman–Crippen MR) is 87.6 cm³/mol. The van der Waals surface area contributed by atoms with Gasteiger partial charge >= 0.3 is 0 Å². The highest BCUT2D eigenvalue weighted by atomic mass is 16.5. The van der Waals surface area contributed by atoms with Crippen molar-refractivity contribution in [3.8, 4) is 11.5 Å². The Kier molecular flexibility index (Phi) is 5.09. The van der Waals surface area contributed by atoms with Gasteiger partial charge in [-0.25, -0.2) is 0 Å². The number of hydrogen-bond donors (Lipinski definition) is 1. The Morgan fingerprint density at radius 2 is 1.48 bits per heavy atom. The van der Waals surface area contributed by atoms with E-state index in [4.69, 9.17) is 9.47 Å². The van der Waals surface area contributed by atoms with E-state index in [0.29, 0.717) is 6.61 Å². The summed E-state index contributed by atoms with van der Waals surface area (Å²) < 4.78 is 10.8. The lowest BCUT2D eigenvalue weighted by molar-refractivity contribution is 0.331. The van der Waals surface area contributed by atoms with Gasteiger partial charge in [-0.15, -0.1) is 0 Å². The molecule has 0 atom stereocenters. The molecule has 0 saturated heterocycles. The van der Waals surface area contributed by atoms with Crippen molar-refractivity contribution < 1.29 is 9.47 Å². The number of methoxy groups -OCH3 is 1. The third kappa shape index (κ3) is 4.15. The topological polar surface area (TPSA) is 30.5 Å². The van der Waals surface area contributed by atoms with E-state index in [9.17, 15) is 0 Å². The molecule has 0 saturated carbocycles. The number of nitrogens with one attached hydrogen (secondary N) is 1. The molecule has 0 bridgehead atoms. The minimum atomic E-state index is 0.624. The van der Waals surface area contributed by atoms with Crippen LogP contribution in [0.2, 0.25) is 0 Å². The zero-order valence-electron chi connectivity index (χ0n) is 13.2. The van der Waals surface area contributed by atoms with Gasteiger partial charge in [0.2, 0.25) is 0 Å². The number of rotatable bonds is 6. The van der Waals surface area contributed by atoms with Crippen LogP contribution in [0.1, 0.15) is 16.7 Å². The Bertz CT molecular complexity index is 568. The molecule has 0 aliphatic heterocycles. The van der Waals surface area contributed by atoms with Crippen LogP contribution in [0.4, 0.5) is 5.69 Å². The predicted octanol–water partition coefficient (Wildman–Crippen LogP) is 4.11. The number of aryl methyl sites for hydroxylation is 3. The van der Waals surface area contributed by atoms with Crippen LogP contribution in [0.25, 0.3) is 0 Å². The van der Waals surface area contributed by atoms with Crippen LogP contribution in [-0.2, 0) is 0 Å². The standard InChI is InChI=1S/C18H23NO2/c1-13-11-14(2)18(15(3)12-13)19-9-10-21-17-7-5-16(20-4)6-8-17/h5-8,11-12,19H,9-10H2,1-4H3. The van der Waals surface area contributed by atoms with Crippen LogP contribution in [0.3, 0.4) is 0 Å². The first-order chi connectivity index (χ1) is 10.1. The molecule has 2 rings (SSSR count). The van der Waals surface area contributed by atoms with Gasteiger partial charge in [0.15, 0.2) is 0 Å². The molecule has 0 unspecified atom stereocenters. The van der Waals surface area contributed by atoms with Crippen molar-refractivity contribution in [2.75, 3.05) is 25.6 Å². The first kappa shape index (κ1) is 15.2. The summed E-state index contributed by atoms with van der Waals surface area (Å²) in [5, 5.41) is 3.45. The Balaban J connectivity index is 1.84. The smallest absolute Gasteiger partial charge is 0.119 e. The molecular weight excluding hydrogens is 262 g/mol. The Morgan fingerprint density at radius 3 is 2.05 bits per heavy atom. The highest BCUT2D eigenvalue weighted by molar-refractivity contribution is 5.58. The van der Waals surface area contributed by atoms with Gasteiger partial charge in [0.05, 0.1) is 7.11 Å². The molecule has 0 aromatic heterocycles.